The number of hydrogen-bond donors (Lipinski definition) is 0. The molecule has 1 heterocycles. The van der Waals surface area contributed by atoms with Crippen molar-refractivity contribution in [2.75, 3.05) is 39.8 Å². The minimum atomic E-state index is -0.872. The van der Waals surface area contributed by atoms with Crippen LogP contribution in [0.5, 0.6) is 0 Å². The number of fused-ring (bicyclic) bond motifs is 1. The molecule has 2 rings (SSSR count). The number of likely N-dealkylation sites (N-methyl/N-ethyl adjacent to an activating group) is 2. The van der Waals surface area contributed by atoms with Crippen molar-refractivity contribution in [1.82, 2.24) is 14.7 Å². The number of carbonyl (C=O) groups is 5. The van der Waals surface area contributed by atoms with Crippen molar-refractivity contribution in [2.24, 2.45) is 0 Å². The van der Waals surface area contributed by atoms with Crippen molar-refractivity contribution in [1.29, 1.82) is 0 Å². The second kappa shape index (κ2) is 9.81. The summed E-state index contributed by atoms with van der Waals surface area (Å²) in [5, 5.41) is 0. The summed E-state index contributed by atoms with van der Waals surface area (Å²) in [6.07, 6.45) is 0.0182. The summed E-state index contributed by atoms with van der Waals surface area (Å²) >= 11 is 0. The van der Waals surface area contributed by atoms with Crippen molar-refractivity contribution >= 4 is 29.6 Å². The molecule has 1 aromatic rings. The lowest BCUT2D eigenvalue weighted by atomic mass is 9.98. The number of rotatable bonds is 8. The highest BCUT2D eigenvalue weighted by Gasteiger charge is 2.32. The molecule has 0 unspecified atom stereocenters. The molecule has 0 aliphatic carbocycles. The zero-order valence-corrected chi connectivity index (χ0v) is 16.8. The van der Waals surface area contributed by atoms with Crippen molar-refractivity contribution in [3.63, 3.8) is 0 Å². The minimum Gasteiger partial charge on any atom is -0.454 e. The van der Waals surface area contributed by atoms with Crippen LogP contribution in [0.3, 0.4) is 0 Å². The van der Waals surface area contributed by atoms with Gasteiger partial charge < -0.3 is 14.5 Å². The predicted octanol–water partition coefficient (Wildman–Crippen LogP) is 0.0815. The minimum absolute atomic E-state index is 0.0182. The van der Waals surface area contributed by atoms with E-state index in [0.717, 1.165) is 4.90 Å². The summed E-state index contributed by atoms with van der Waals surface area (Å²) < 4.78 is 4.91. The molecule has 4 amide bonds. The Bertz CT molecular complexity index is 818. The zero-order chi connectivity index (χ0) is 21.6. The van der Waals surface area contributed by atoms with Gasteiger partial charge in [-0.25, -0.2) is 0 Å². The van der Waals surface area contributed by atoms with Gasteiger partial charge in [-0.05, 0) is 25.5 Å². The van der Waals surface area contributed by atoms with Gasteiger partial charge in [-0.1, -0.05) is 18.2 Å². The molecule has 1 aliphatic heterocycles. The Morgan fingerprint density at radius 1 is 1.07 bits per heavy atom. The molecule has 0 saturated heterocycles. The lowest BCUT2D eigenvalue weighted by molar-refractivity contribution is -0.154. The molecule has 0 N–H and O–H groups in total. The highest BCUT2D eigenvalue weighted by Crippen LogP contribution is 2.19. The van der Waals surface area contributed by atoms with E-state index in [9.17, 15) is 24.0 Å². The van der Waals surface area contributed by atoms with Crippen LogP contribution < -0.4 is 0 Å². The molecule has 9 nitrogen and oxygen atoms in total. The molecule has 29 heavy (non-hydrogen) atoms. The Balaban J connectivity index is 1.86. The fourth-order valence-electron chi connectivity index (χ4n) is 2.95. The molecule has 156 valence electrons. The number of amides is 4. The van der Waals surface area contributed by atoms with Crippen LogP contribution in [0.2, 0.25) is 0 Å². The van der Waals surface area contributed by atoms with Crippen LogP contribution in [0.15, 0.2) is 24.3 Å². The molecular weight excluding hydrogens is 378 g/mol. The van der Waals surface area contributed by atoms with Crippen LogP contribution in [-0.4, -0.2) is 84.1 Å². The third-order valence-corrected chi connectivity index (χ3v) is 4.69. The van der Waals surface area contributed by atoms with Crippen LogP contribution in [0.25, 0.3) is 0 Å². The quantitative estimate of drug-likeness (QED) is 0.450. The molecule has 0 radical (unpaired) electrons. The van der Waals surface area contributed by atoms with Gasteiger partial charge in [-0.15, -0.1) is 0 Å². The van der Waals surface area contributed by atoms with Crippen LogP contribution >= 0.6 is 0 Å². The molecule has 0 saturated carbocycles. The average Bonchev–Trinajstić information content (AvgIpc) is 2.70. The van der Waals surface area contributed by atoms with E-state index in [1.54, 1.807) is 29.2 Å². The number of nitrogens with zero attached hydrogens (tertiary/aromatic N) is 3. The van der Waals surface area contributed by atoms with Gasteiger partial charge in [0.15, 0.2) is 6.61 Å². The molecule has 1 aromatic carbocycles. The second-order valence-electron chi connectivity index (χ2n) is 6.60. The van der Waals surface area contributed by atoms with Crippen LogP contribution in [-0.2, 0) is 30.3 Å². The maximum atomic E-state index is 12.4. The van der Waals surface area contributed by atoms with E-state index in [1.165, 1.54) is 11.9 Å². The second-order valence-corrected chi connectivity index (χ2v) is 6.60. The third-order valence-electron chi connectivity index (χ3n) is 4.69. The predicted molar refractivity (Wildman–Crippen MR) is 103 cm³/mol. The van der Waals surface area contributed by atoms with E-state index in [-0.39, 0.29) is 18.9 Å². The summed E-state index contributed by atoms with van der Waals surface area (Å²) in [5.41, 5.74) is 0.979. The molecule has 1 aliphatic rings. The molecular formula is C20H25N3O6. The monoisotopic (exact) mass is 403 g/mol. The summed E-state index contributed by atoms with van der Waals surface area (Å²) in [6, 6.07) is 6.69. The summed E-state index contributed by atoms with van der Waals surface area (Å²) in [6.45, 7) is 3.48. The number of hydrogen-bond acceptors (Lipinski definition) is 6. The Hall–Kier alpha value is -3.23. The lowest BCUT2D eigenvalue weighted by Gasteiger charge is -2.26. The molecule has 9 heteroatoms. The van der Waals surface area contributed by atoms with Gasteiger partial charge in [0.1, 0.15) is 6.54 Å². The van der Waals surface area contributed by atoms with Crippen molar-refractivity contribution in [3.05, 3.63) is 35.4 Å². The summed E-state index contributed by atoms with van der Waals surface area (Å²) in [7, 11) is 1.44. The van der Waals surface area contributed by atoms with E-state index in [4.69, 9.17) is 4.74 Å². The first-order valence-electron chi connectivity index (χ1n) is 9.38. The molecule has 0 fully saturated rings. The SMILES string of the molecule is CCN(CC)C(=O)CN(C)C(=O)COC(=O)CN1C(=O)Cc2ccccc2C1=O. The number of benzene rings is 1. The van der Waals surface area contributed by atoms with Gasteiger partial charge in [-0.3, -0.25) is 28.9 Å². The standard InChI is InChI=1S/C20H25N3O6/c1-4-22(5-2)17(25)11-21(3)18(26)13-29-19(27)12-23-16(24)10-14-8-6-7-9-15(14)20(23)28/h6-9H,4-5,10-13H2,1-3H3. The van der Waals surface area contributed by atoms with Crippen LogP contribution in [0, 0.1) is 0 Å². The maximum Gasteiger partial charge on any atom is 0.326 e. The first kappa shape index (κ1) is 22.1. The Kier molecular flexibility index (Phi) is 7.46. The van der Waals surface area contributed by atoms with Gasteiger partial charge >= 0.3 is 5.97 Å². The molecule has 0 aromatic heterocycles. The van der Waals surface area contributed by atoms with Crippen molar-refractivity contribution < 1.29 is 28.7 Å². The first-order chi connectivity index (χ1) is 13.8. The third kappa shape index (κ3) is 5.40. The largest absolute Gasteiger partial charge is 0.454 e. The Labute approximate surface area is 169 Å². The van der Waals surface area contributed by atoms with Gasteiger partial charge in [0.2, 0.25) is 11.8 Å². The normalized spacial score (nSPS) is 13.0. The maximum absolute atomic E-state index is 12.4. The number of esters is 1. The smallest absolute Gasteiger partial charge is 0.326 e. The van der Waals surface area contributed by atoms with E-state index < -0.39 is 36.8 Å². The van der Waals surface area contributed by atoms with E-state index in [0.29, 0.717) is 24.2 Å². The summed E-state index contributed by atoms with van der Waals surface area (Å²) in [4.78, 5) is 64.4. The summed E-state index contributed by atoms with van der Waals surface area (Å²) in [5.74, 6) is -2.70. The van der Waals surface area contributed by atoms with Gasteiger partial charge in [0.05, 0.1) is 13.0 Å². The topological polar surface area (TPSA) is 104 Å². The highest BCUT2D eigenvalue weighted by molar-refractivity contribution is 6.11. The van der Waals surface area contributed by atoms with Crippen molar-refractivity contribution in [2.45, 2.75) is 20.3 Å². The lowest BCUT2D eigenvalue weighted by Crippen LogP contribution is -2.46. The van der Waals surface area contributed by atoms with Crippen LogP contribution in [0.4, 0.5) is 0 Å². The zero-order valence-electron chi connectivity index (χ0n) is 16.8. The average molecular weight is 403 g/mol. The van der Waals surface area contributed by atoms with E-state index >= 15 is 0 Å². The van der Waals surface area contributed by atoms with Gasteiger partial charge in [0, 0.05) is 25.7 Å². The fourth-order valence-corrected chi connectivity index (χ4v) is 2.95. The molecule has 0 spiro atoms. The molecule has 0 atom stereocenters. The van der Waals surface area contributed by atoms with Gasteiger partial charge in [0.25, 0.3) is 11.8 Å². The molecule has 0 bridgehead atoms. The van der Waals surface area contributed by atoms with Gasteiger partial charge in [-0.2, -0.15) is 0 Å². The van der Waals surface area contributed by atoms with Crippen LogP contribution in [0.1, 0.15) is 29.8 Å². The van der Waals surface area contributed by atoms with E-state index in [1.807, 2.05) is 13.8 Å². The van der Waals surface area contributed by atoms with Crippen molar-refractivity contribution in [3.8, 4) is 0 Å². The number of ether oxygens (including phenoxy) is 1. The Morgan fingerprint density at radius 3 is 2.38 bits per heavy atom. The number of imide groups is 1. The Morgan fingerprint density at radius 2 is 1.72 bits per heavy atom. The highest BCUT2D eigenvalue weighted by atomic mass is 16.5. The first-order valence-corrected chi connectivity index (χ1v) is 9.38. The fraction of sp³-hybridized carbons (Fsp3) is 0.450. The number of carbonyl (C=O) groups excluding carboxylic acids is 5. The van der Waals surface area contributed by atoms with E-state index in [2.05, 4.69) is 0 Å².